The van der Waals surface area contributed by atoms with E-state index < -0.39 is 0 Å². The fraction of sp³-hybridized carbons (Fsp3) is 0.429. The van der Waals surface area contributed by atoms with Crippen molar-refractivity contribution in [3.63, 3.8) is 0 Å². The van der Waals surface area contributed by atoms with Crippen LogP contribution in [0.5, 0.6) is 0 Å². The number of hydrogen-bond donors (Lipinski definition) is 2. The van der Waals surface area contributed by atoms with Crippen LogP contribution >= 0.6 is 0 Å². The Morgan fingerprint density at radius 3 is 2.44 bits per heavy atom. The number of hydrogen-bond acceptors (Lipinski definition) is 2. The van der Waals surface area contributed by atoms with E-state index in [2.05, 4.69) is 10.6 Å². The van der Waals surface area contributed by atoms with E-state index in [-0.39, 0.29) is 17.7 Å². The molecule has 0 unspecified atom stereocenters. The quantitative estimate of drug-likeness (QED) is 0.792. The first kappa shape index (κ1) is 14.2. The lowest BCUT2D eigenvalue weighted by molar-refractivity contribution is -0.125. The van der Waals surface area contributed by atoms with Crippen LogP contribution in [0.1, 0.15) is 18.9 Å². The molecule has 2 N–H and O–H groups in total. The van der Waals surface area contributed by atoms with Gasteiger partial charge in [0.15, 0.2) is 0 Å². The fourth-order valence-electron chi connectivity index (χ4n) is 1.85. The second-order valence-electron chi connectivity index (χ2n) is 4.27. The normalized spacial score (nSPS) is 11.7. The van der Waals surface area contributed by atoms with Gasteiger partial charge in [-0.3, -0.25) is 9.59 Å². The van der Waals surface area contributed by atoms with Crippen LogP contribution in [0.3, 0.4) is 0 Å². The van der Waals surface area contributed by atoms with Gasteiger partial charge in [0, 0.05) is 26.4 Å². The number of amides is 2. The maximum Gasteiger partial charge on any atom is 0.223 e. The molecule has 1 atom stereocenters. The third-order valence-corrected chi connectivity index (χ3v) is 2.81. The highest BCUT2D eigenvalue weighted by atomic mass is 16.2. The van der Waals surface area contributed by atoms with Crippen LogP contribution < -0.4 is 10.6 Å². The Kier molecular flexibility index (Phi) is 5.91. The summed E-state index contributed by atoms with van der Waals surface area (Å²) < 4.78 is 0. The molecule has 1 aromatic carbocycles. The molecule has 1 rings (SSSR count). The molecule has 0 saturated carbocycles. The van der Waals surface area contributed by atoms with E-state index in [1.54, 1.807) is 7.05 Å². The second-order valence-corrected chi connectivity index (χ2v) is 4.27. The molecule has 4 nitrogen and oxygen atoms in total. The van der Waals surface area contributed by atoms with Crippen LogP contribution in [-0.2, 0) is 16.0 Å². The number of rotatable bonds is 6. The van der Waals surface area contributed by atoms with Crippen LogP contribution in [0.4, 0.5) is 0 Å². The van der Waals surface area contributed by atoms with Crippen LogP contribution in [0.25, 0.3) is 0 Å². The molecule has 18 heavy (non-hydrogen) atoms. The molecule has 0 bridgehead atoms. The Labute approximate surface area is 108 Å². The number of nitrogens with one attached hydrogen (secondary N) is 2. The Morgan fingerprint density at radius 2 is 1.89 bits per heavy atom. The molecule has 0 aliphatic rings. The Hall–Kier alpha value is -1.84. The van der Waals surface area contributed by atoms with E-state index in [1.807, 2.05) is 30.3 Å². The minimum absolute atomic E-state index is 0.0178. The smallest absolute Gasteiger partial charge is 0.223 e. The maximum absolute atomic E-state index is 11.8. The Balaban J connectivity index is 2.56. The number of benzene rings is 1. The van der Waals surface area contributed by atoms with Gasteiger partial charge in [-0.05, 0) is 18.4 Å². The molecule has 0 aromatic heterocycles. The molecular weight excluding hydrogens is 228 g/mol. The predicted molar refractivity (Wildman–Crippen MR) is 71.0 cm³/mol. The topological polar surface area (TPSA) is 58.2 Å². The standard InChI is InChI=1S/C14H20N2O2/c1-11(17)16-9-8-13(14(18)15-2)10-12-6-4-3-5-7-12/h3-7,13H,8-10H2,1-2H3,(H,15,18)(H,16,17)/t13-/m0/s1. The molecule has 1 aromatic rings. The molecule has 98 valence electrons. The van der Waals surface area contributed by atoms with Crippen LogP contribution in [0.2, 0.25) is 0 Å². The third-order valence-electron chi connectivity index (χ3n) is 2.81. The van der Waals surface area contributed by atoms with Gasteiger partial charge in [-0.1, -0.05) is 30.3 Å². The van der Waals surface area contributed by atoms with Gasteiger partial charge >= 0.3 is 0 Å². The summed E-state index contributed by atoms with van der Waals surface area (Å²) in [5, 5.41) is 5.39. The van der Waals surface area contributed by atoms with Gasteiger partial charge in [0.25, 0.3) is 0 Å². The first-order valence-electron chi connectivity index (χ1n) is 6.13. The van der Waals surface area contributed by atoms with Gasteiger partial charge in [0.1, 0.15) is 0 Å². The maximum atomic E-state index is 11.8. The molecule has 0 heterocycles. The van der Waals surface area contributed by atoms with Crippen molar-refractivity contribution in [3.8, 4) is 0 Å². The third kappa shape index (κ3) is 4.99. The van der Waals surface area contributed by atoms with Crippen molar-refractivity contribution < 1.29 is 9.59 Å². The molecule has 0 radical (unpaired) electrons. The van der Waals surface area contributed by atoms with Gasteiger partial charge in [-0.2, -0.15) is 0 Å². The van der Waals surface area contributed by atoms with E-state index >= 15 is 0 Å². The summed E-state index contributed by atoms with van der Waals surface area (Å²) in [6.45, 7) is 2.01. The van der Waals surface area contributed by atoms with Gasteiger partial charge in [-0.15, -0.1) is 0 Å². The van der Waals surface area contributed by atoms with Crippen LogP contribution in [0.15, 0.2) is 30.3 Å². The SMILES string of the molecule is CNC(=O)[C@@H](CCNC(C)=O)Cc1ccccc1. The zero-order valence-corrected chi connectivity index (χ0v) is 10.9. The summed E-state index contributed by atoms with van der Waals surface area (Å²) in [5.74, 6) is -0.154. The minimum Gasteiger partial charge on any atom is -0.359 e. The molecule has 0 aliphatic heterocycles. The summed E-state index contributed by atoms with van der Waals surface area (Å²) in [4.78, 5) is 22.6. The number of carbonyl (C=O) groups is 2. The molecule has 4 heteroatoms. The molecule has 2 amide bonds. The second kappa shape index (κ2) is 7.48. The predicted octanol–water partition coefficient (Wildman–Crippen LogP) is 1.12. The lowest BCUT2D eigenvalue weighted by Gasteiger charge is -2.15. The van der Waals surface area contributed by atoms with Crippen molar-refractivity contribution in [1.82, 2.24) is 10.6 Å². The first-order chi connectivity index (χ1) is 8.63. The monoisotopic (exact) mass is 248 g/mol. The summed E-state index contributed by atoms with van der Waals surface area (Å²) in [5.41, 5.74) is 1.13. The molecule has 0 saturated heterocycles. The average Bonchev–Trinajstić information content (AvgIpc) is 2.37. The number of carbonyl (C=O) groups excluding carboxylic acids is 2. The zero-order chi connectivity index (χ0) is 13.4. The highest BCUT2D eigenvalue weighted by molar-refractivity contribution is 5.78. The first-order valence-corrected chi connectivity index (χ1v) is 6.13. The zero-order valence-electron chi connectivity index (χ0n) is 10.9. The molecular formula is C14H20N2O2. The fourth-order valence-corrected chi connectivity index (χ4v) is 1.85. The highest BCUT2D eigenvalue weighted by Crippen LogP contribution is 2.12. The lowest BCUT2D eigenvalue weighted by Crippen LogP contribution is -2.32. The van der Waals surface area contributed by atoms with Gasteiger partial charge in [0.2, 0.25) is 11.8 Å². The van der Waals surface area contributed by atoms with Crippen LogP contribution in [0, 0.1) is 5.92 Å². The largest absolute Gasteiger partial charge is 0.359 e. The Morgan fingerprint density at radius 1 is 1.22 bits per heavy atom. The van der Waals surface area contributed by atoms with Gasteiger partial charge < -0.3 is 10.6 Å². The minimum atomic E-state index is -0.107. The van der Waals surface area contributed by atoms with E-state index in [1.165, 1.54) is 6.92 Å². The van der Waals surface area contributed by atoms with E-state index in [0.29, 0.717) is 19.4 Å². The van der Waals surface area contributed by atoms with Crippen molar-refractivity contribution >= 4 is 11.8 Å². The van der Waals surface area contributed by atoms with Crippen molar-refractivity contribution in [2.24, 2.45) is 5.92 Å². The van der Waals surface area contributed by atoms with Gasteiger partial charge in [-0.25, -0.2) is 0 Å². The summed E-state index contributed by atoms with van der Waals surface area (Å²) in [7, 11) is 1.64. The van der Waals surface area contributed by atoms with Crippen molar-refractivity contribution in [2.45, 2.75) is 19.8 Å². The van der Waals surface area contributed by atoms with E-state index in [4.69, 9.17) is 0 Å². The average molecular weight is 248 g/mol. The summed E-state index contributed by atoms with van der Waals surface area (Å²) >= 11 is 0. The molecule has 0 aliphatic carbocycles. The Bertz CT molecular complexity index is 390. The van der Waals surface area contributed by atoms with Crippen molar-refractivity contribution in [2.75, 3.05) is 13.6 Å². The summed E-state index contributed by atoms with van der Waals surface area (Å²) in [6.07, 6.45) is 1.34. The van der Waals surface area contributed by atoms with E-state index in [0.717, 1.165) is 5.56 Å². The lowest BCUT2D eigenvalue weighted by atomic mass is 9.95. The highest BCUT2D eigenvalue weighted by Gasteiger charge is 2.17. The van der Waals surface area contributed by atoms with E-state index in [9.17, 15) is 9.59 Å². The van der Waals surface area contributed by atoms with Crippen LogP contribution in [-0.4, -0.2) is 25.4 Å². The van der Waals surface area contributed by atoms with Crippen molar-refractivity contribution in [1.29, 1.82) is 0 Å². The van der Waals surface area contributed by atoms with Crippen molar-refractivity contribution in [3.05, 3.63) is 35.9 Å². The molecule has 0 spiro atoms. The van der Waals surface area contributed by atoms with Gasteiger partial charge in [0.05, 0.1) is 0 Å². The molecule has 0 fully saturated rings. The summed E-state index contributed by atoms with van der Waals surface area (Å²) in [6, 6.07) is 9.90.